The second kappa shape index (κ2) is 20.3. The SMILES string of the molecule is CC(=O)C=C(O)CCCOCCOCc1cccc2c(-c3cccc(CCOCCOCCc4cccc(-c5nccc6ccccc56)c4)c3)nccc12. The van der Waals surface area contributed by atoms with E-state index < -0.39 is 0 Å². The molecular weight excluding hydrogens is 677 g/mol. The Morgan fingerprint density at radius 1 is 0.611 bits per heavy atom. The Morgan fingerprint density at radius 3 is 1.91 bits per heavy atom. The van der Waals surface area contributed by atoms with Crippen molar-refractivity contribution < 1.29 is 28.8 Å². The fourth-order valence-corrected chi connectivity index (χ4v) is 6.49. The molecule has 0 unspecified atom stereocenters. The predicted molar refractivity (Wildman–Crippen MR) is 215 cm³/mol. The lowest BCUT2D eigenvalue weighted by Crippen LogP contribution is -2.08. The molecule has 0 spiro atoms. The largest absolute Gasteiger partial charge is 0.512 e. The zero-order valence-electron chi connectivity index (χ0n) is 30.9. The highest BCUT2D eigenvalue weighted by Crippen LogP contribution is 2.30. The van der Waals surface area contributed by atoms with Gasteiger partial charge in [-0.1, -0.05) is 78.9 Å². The quantitative estimate of drug-likeness (QED) is 0.0446. The van der Waals surface area contributed by atoms with Crippen LogP contribution in [0.5, 0.6) is 0 Å². The van der Waals surface area contributed by atoms with Crippen LogP contribution in [-0.4, -0.2) is 67.1 Å². The Balaban J connectivity index is 0.912. The van der Waals surface area contributed by atoms with Crippen molar-refractivity contribution in [1.82, 2.24) is 9.97 Å². The second-order valence-corrected chi connectivity index (χ2v) is 13.2. The van der Waals surface area contributed by atoms with Gasteiger partial charge < -0.3 is 24.1 Å². The third-order valence-electron chi connectivity index (χ3n) is 9.13. The summed E-state index contributed by atoms with van der Waals surface area (Å²) in [5, 5.41) is 14.2. The lowest BCUT2D eigenvalue weighted by Gasteiger charge is -2.12. The van der Waals surface area contributed by atoms with E-state index in [1.807, 2.05) is 30.6 Å². The van der Waals surface area contributed by atoms with E-state index in [0.717, 1.165) is 57.1 Å². The molecule has 54 heavy (non-hydrogen) atoms. The number of ether oxygens (including phenoxy) is 4. The van der Waals surface area contributed by atoms with Crippen molar-refractivity contribution in [2.45, 2.75) is 39.2 Å². The molecule has 0 fully saturated rings. The molecule has 278 valence electrons. The molecule has 0 saturated carbocycles. The van der Waals surface area contributed by atoms with Crippen LogP contribution in [0.3, 0.4) is 0 Å². The predicted octanol–water partition coefficient (Wildman–Crippen LogP) is 9.28. The van der Waals surface area contributed by atoms with Gasteiger partial charge in [0.05, 0.1) is 63.4 Å². The smallest absolute Gasteiger partial charge is 0.155 e. The normalized spacial score (nSPS) is 11.8. The van der Waals surface area contributed by atoms with E-state index in [2.05, 4.69) is 89.9 Å². The van der Waals surface area contributed by atoms with Gasteiger partial charge in [-0.25, -0.2) is 0 Å². The summed E-state index contributed by atoms with van der Waals surface area (Å²) >= 11 is 0. The molecule has 6 rings (SSSR count). The highest BCUT2D eigenvalue weighted by Gasteiger charge is 2.10. The summed E-state index contributed by atoms with van der Waals surface area (Å²) in [4.78, 5) is 20.5. The summed E-state index contributed by atoms with van der Waals surface area (Å²) in [7, 11) is 0. The van der Waals surface area contributed by atoms with Crippen LogP contribution in [0.25, 0.3) is 44.1 Å². The molecule has 2 heterocycles. The molecule has 4 aromatic carbocycles. The minimum absolute atomic E-state index is 0.0891. The highest BCUT2D eigenvalue weighted by molar-refractivity contribution is 5.96. The molecular formula is C46H48N2O6. The van der Waals surface area contributed by atoms with Crippen LogP contribution in [0.1, 0.15) is 36.5 Å². The number of nitrogens with zero attached hydrogens (tertiary/aromatic N) is 2. The van der Waals surface area contributed by atoms with Crippen molar-refractivity contribution in [3.05, 3.63) is 144 Å². The minimum Gasteiger partial charge on any atom is -0.512 e. The van der Waals surface area contributed by atoms with Gasteiger partial charge in [-0.05, 0) is 77.9 Å². The molecule has 8 nitrogen and oxygen atoms in total. The van der Waals surface area contributed by atoms with Gasteiger partial charge in [0.2, 0.25) is 0 Å². The van der Waals surface area contributed by atoms with Crippen LogP contribution in [0.15, 0.2) is 127 Å². The molecule has 0 aliphatic heterocycles. The molecule has 0 radical (unpaired) electrons. The molecule has 0 amide bonds. The van der Waals surface area contributed by atoms with Gasteiger partial charge in [-0.2, -0.15) is 0 Å². The van der Waals surface area contributed by atoms with Crippen molar-refractivity contribution >= 4 is 27.3 Å². The van der Waals surface area contributed by atoms with E-state index in [4.69, 9.17) is 23.9 Å². The zero-order valence-corrected chi connectivity index (χ0v) is 30.9. The fraction of sp³-hybridized carbons (Fsp3) is 0.283. The Labute approximate surface area is 317 Å². The van der Waals surface area contributed by atoms with Crippen molar-refractivity contribution in [2.75, 3.05) is 46.2 Å². The molecule has 0 aliphatic carbocycles. The van der Waals surface area contributed by atoms with Crippen LogP contribution >= 0.6 is 0 Å². The maximum atomic E-state index is 11.0. The number of allylic oxidation sites excluding steroid dienone is 2. The number of fused-ring (bicyclic) bond motifs is 2. The standard InChI is InChI=1S/C46H48N2O6/c1-34(49)30-41(50)14-7-23-51-28-29-54-33-40-13-6-16-44-42(40)18-22-48-46(44)39-12-5-9-36(32-39)20-25-53-27-26-52-24-19-35-8-4-11-38(31-35)45-43-15-3-2-10-37(43)17-21-47-45/h2-6,8-13,15-18,21-22,30-32,50H,7,14,19-20,23-29,33H2,1H3. The second-order valence-electron chi connectivity index (χ2n) is 13.2. The highest BCUT2D eigenvalue weighted by atomic mass is 16.5. The number of benzene rings is 4. The average Bonchev–Trinajstić information content (AvgIpc) is 3.19. The summed E-state index contributed by atoms with van der Waals surface area (Å²) in [5.41, 5.74) is 7.64. The zero-order chi connectivity index (χ0) is 37.4. The number of aromatic nitrogens is 2. The third-order valence-corrected chi connectivity index (χ3v) is 9.13. The topological polar surface area (TPSA) is 100 Å². The maximum Gasteiger partial charge on any atom is 0.155 e. The Morgan fingerprint density at radius 2 is 1.20 bits per heavy atom. The van der Waals surface area contributed by atoms with Gasteiger partial charge in [0.1, 0.15) is 0 Å². The van der Waals surface area contributed by atoms with Crippen LogP contribution in [0, 0.1) is 0 Å². The average molecular weight is 725 g/mol. The first-order valence-electron chi connectivity index (χ1n) is 18.7. The molecule has 2 aromatic heterocycles. The monoisotopic (exact) mass is 724 g/mol. The number of aliphatic hydroxyl groups excluding tert-OH is 1. The number of aliphatic hydroxyl groups is 1. The van der Waals surface area contributed by atoms with Crippen molar-refractivity contribution in [3.8, 4) is 22.5 Å². The summed E-state index contributed by atoms with van der Waals surface area (Å²) in [6.07, 6.45) is 7.66. The Kier molecular flexibility index (Phi) is 14.4. The number of carbonyl (C=O) groups is 1. The maximum absolute atomic E-state index is 11.0. The lowest BCUT2D eigenvalue weighted by molar-refractivity contribution is -0.112. The molecule has 0 saturated heterocycles. The summed E-state index contributed by atoms with van der Waals surface area (Å²) in [6, 6.07) is 35.7. The molecule has 8 heteroatoms. The van der Waals surface area contributed by atoms with Gasteiger partial charge in [0.15, 0.2) is 5.78 Å². The molecule has 0 bridgehead atoms. The van der Waals surface area contributed by atoms with E-state index in [1.165, 1.54) is 29.5 Å². The number of hydrogen-bond donors (Lipinski definition) is 1. The lowest BCUT2D eigenvalue weighted by atomic mass is 9.99. The van der Waals surface area contributed by atoms with Crippen LogP contribution in [-0.2, 0) is 43.2 Å². The first kappa shape index (κ1) is 38.5. The van der Waals surface area contributed by atoms with E-state index in [9.17, 15) is 9.90 Å². The van der Waals surface area contributed by atoms with Gasteiger partial charge in [0, 0.05) is 53.4 Å². The number of carbonyl (C=O) groups excluding carboxylic acids is 1. The van der Waals surface area contributed by atoms with Crippen molar-refractivity contribution in [3.63, 3.8) is 0 Å². The number of ketones is 1. The van der Waals surface area contributed by atoms with Crippen LogP contribution < -0.4 is 0 Å². The fourth-order valence-electron chi connectivity index (χ4n) is 6.49. The van der Waals surface area contributed by atoms with Crippen molar-refractivity contribution in [1.29, 1.82) is 0 Å². The first-order chi connectivity index (χ1) is 26.5. The van der Waals surface area contributed by atoms with Gasteiger partial charge in [-0.3, -0.25) is 14.8 Å². The third kappa shape index (κ3) is 11.1. The molecule has 6 aromatic rings. The van der Waals surface area contributed by atoms with Gasteiger partial charge >= 0.3 is 0 Å². The molecule has 0 aliphatic rings. The van der Waals surface area contributed by atoms with E-state index in [0.29, 0.717) is 65.7 Å². The van der Waals surface area contributed by atoms with E-state index in [-0.39, 0.29) is 11.5 Å². The first-order valence-corrected chi connectivity index (χ1v) is 18.7. The number of pyridine rings is 2. The number of hydrogen-bond acceptors (Lipinski definition) is 8. The van der Waals surface area contributed by atoms with Gasteiger partial charge in [-0.15, -0.1) is 0 Å². The molecule has 0 atom stereocenters. The van der Waals surface area contributed by atoms with E-state index in [1.54, 1.807) is 0 Å². The van der Waals surface area contributed by atoms with Crippen molar-refractivity contribution in [2.24, 2.45) is 0 Å². The summed E-state index contributed by atoms with van der Waals surface area (Å²) in [6.45, 7) is 5.63. The summed E-state index contributed by atoms with van der Waals surface area (Å²) in [5.74, 6) is -0.0711. The van der Waals surface area contributed by atoms with E-state index >= 15 is 0 Å². The minimum atomic E-state index is -0.160. The Hall–Kier alpha value is -5.25. The van der Waals surface area contributed by atoms with Crippen LogP contribution in [0.4, 0.5) is 0 Å². The Bertz CT molecular complexity index is 2160. The molecule has 1 N–H and O–H groups in total. The van der Waals surface area contributed by atoms with Crippen LogP contribution in [0.2, 0.25) is 0 Å². The summed E-state index contributed by atoms with van der Waals surface area (Å²) < 4.78 is 23.4. The van der Waals surface area contributed by atoms with Gasteiger partial charge in [0.25, 0.3) is 0 Å². The number of rotatable bonds is 21.